The van der Waals surface area contributed by atoms with E-state index in [1.165, 1.54) is 62.0 Å². The lowest BCUT2D eigenvalue weighted by atomic mass is 9.96. The van der Waals surface area contributed by atoms with E-state index in [1.54, 1.807) is 25.1 Å². The zero-order valence-electron chi connectivity index (χ0n) is 39.6. The minimum absolute atomic E-state index is 0.0822. The van der Waals surface area contributed by atoms with Gasteiger partial charge < -0.3 is 34.7 Å². The molecular weight excluding hydrogens is 899 g/mol. The number of imide groups is 1. The van der Waals surface area contributed by atoms with E-state index in [4.69, 9.17) is 9.47 Å². The van der Waals surface area contributed by atoms with Crippen LogP contribution in [0.2, 0.25) is 0 Å². The summed E-state index contributed by atoms with van der Waals surface area (Å²) in [4.78, 5) is 69.1. The van der Waals surface area contributed by atoms with Gasteiger partial charge in [-0.1, -0.05) is 30.3 Å². The van der Waals surface area contributed by atoms with E-state index in [9.17, 15) is 24.3 Å². The van der Waals surface area contributed by atoms with Gasteiger partial charge in [0.25, 0.3) is 11.8 Å². The first-order chi connectivity index (χ1) is 33.6. The van der Waals surface area contributed by atoms with Crippen molar-refractivity contribution in [3.05, 3.63) is 125 Å². The Morgan fingerprint density at radius 1 is 0.886 bits per heavy atom. The Labute approximate surface area is 404 Å². The number of H-pyrrole nitrogens is 1. The second-order valence-corrected chi connectivity index (χ2v) is 18.8. The molecule has 3 aliphatic rings. The van der Waals surface area contributed by atoms with Crippen LogP contribution in [0.15, 0.2) is 85.2 Å². The number of amides is 5. The number of hydrogen-bond acceptors (Lipinski definition) is 10. The highest BCUT2D eigenvalue weighted by Gasteiger charge is 2.31. The van der Waals surface area contributed by atoms with Crippen molar-refractivity contribution in [2.24, 2.45) is 0 Å². The standard InChI is InChI=1S/C53H56F2N8O7/c1-31-40(27-36(54)28-43(31)59-50(65)39-11-10-35(26-42(39)55)53(2,3)68)48-41-29-44(58-49(41)57-30-56-48)33-7-5-32(6-8-33)13-19-61-20-14-37(15-21-61)70-38-16-22-62(23-17-38)51(66)34-9-12-46(69-4)45(25-34)63-24-18-47(64)60-52(63)67/h5-12,25-30,37-38,68H,13-24H2,1-4H3,(H,59,65)(H,56,57,58)(H,60,64,67). The van der Waals surface area contributed by atoms with Crippen LogP contribution in [0.3, 0.4) is 0 Å². The van der Waals surface area contributed by atoms with E-state index in [-0.39, 0.29) is 48.2 Å². The number of rotatable bonds is 13. The number of nitrogens with one attached hydrogen (secondary N) is 3. The minimum Gasteiger partial charge on any atom is -0.495 e. The number of fused-ring (bicyclic) bond motifs is 1. The van der Waals surface area contributed by atoms with Gasteiger partial charge in [-0.25, -0.2) is 23.5 Å². The van der Waals surface area contributed by atoms with Crippen molar-refractivity contribution < 1.29 is 42.5 Å². The molecule has 0 unspecified atom stereocenters. The van der Waals surface area contributed by atoms with Crippen molar-refractivity contribution in [1.29, 1.82) is 0 Å². The highest BCUT2D eigenvalue weighted by molar-refractivity contribution is 6.07. The SMILES string of the molecule is COc1ccc(C(=O)N2CCC(OC3CCN(CCc4ccc(-c5cc6c(-c7cc(F)cc(NC(=O)c8ccc(C(C)(C)O)cc8F)c7C)ncnc6[nH]5)cc4)CC3)CC2)cc1N1CCC(=O)NC1=O. The van der Waals surface area contributed by atoms with Crippen LogP contribution < -0.4 is 20.3 Å². The molecule has 5 heterocycles. The predicted octanol–water partition coefficient (Wildman–Crippen LogP) is 8.14. The number of hydrogen-bond donors (Lipinski definition) is 4. The fraction of sp³-hybridized carbons (Fsp3) is 0.358. The van der Waals surface area contributed by atoms with Crippen LogP contribution in [0.5, 0.6) is 5.75 Å². The summed E-state index contributed by atoms with van der Waals surface area (Å²) in [5, 5.41) is 15.9. The maximum absolute atomic E-state index is 15.2. The van der Waals surface area contributed by atoms with Crippen molar-refractivity contribution in [2.45, 2.75) is 77.1 Å². The molecule has 4 aromatic carbocycles. The number of halogens is 2. The third kappa shape index (κ3) is 10.4. The summed E-state index contributed by atoms with van der Waals surface area (Å²) in [6.45, 7) is 8.93. The van der Waals surface area contributed by atoms with E-state index < -0.39 is 29.2 Å². The summed E-state index contributed by atoms with van der Waals surface area (Å²) in [5.41, 5.74) is 4.84. The van der Waals surface area contributed by atoms with Crippen molar-refractivity contribution in [1.82, 2.24) is 30.1 Å². The number of carbonyl (C=O) groups excluding carboxylic acids is 4. The number of ether oxygens (including phenoxy) is 2. The Morgan fingerprint density at radius 3 is 2.30 bits per heavy atom. The molecule has 6 aromatic rings. The summed E-state index contributed by atoms with van der Waals surface area (Å²) in [6.07, 6.45) is 6.09. The van der Waals surface area contributed by atoms with E-state index >= 15 is 8.78 Å². The van der Waals surface area contributed by atoms with Crippen LogP contribution in [-0.4, -0.2) is 112 Å². The number of piperidine rings is 2. The molecule has 3 fully saturated rings. The molecule has 0 bridgehead atoms. The van der Waals surface area contributed by atoms with Crippen molar-refractivity contribution >= 4 is 46.2 Å². The monoisotopic (exact) mass is 954 g/mol. The zero-order chi connectivity index (χ0) is 49.3. The van der Waals surface area contributed by atoms with Crippen LogP contribution in [0, 0.1) is 18.6 Å². The Hall–Kier alpha value is -7.08. The molecule has 4 N–H and O–H groups in total. The highest BCUT2D eigenvalue weighted by atomic mass is 19.1. The molecule has 3 saturated heterocycles. The molecule has 3 aliphatic heterocycles. The second-order valence-electron chi connectivity index (χ2n) is 18.8. The molecule has 0 aliphatic carbocycles. The maximum atomic E-state index is 15.2. The average Bonchev–Trinajstić information content (AvgIpc) is 3.79. The third-order valence-electron chi connectivity index (χ3n) is 13.6. The number of urea groups is 1. The first-order valence-corrected chi connectivity index (χ1v) is 23.7. The molecular formula is C53H56F2N8O7. The van der Waals surface area contributed by atoms with E-state index in [0.29, 0.717) is 63.5 Å². The first-order valence-electron chi connectivity index (χ1n) is 23.7. The van der Waals surface area contributed by atoms with Gasteiger partial charge in [0.15, 0.2) is 0 Å². The average molecular weight is 955 g/mol. The van der Waals surface area contributed by atoms with Crippen LogP contribution in [0.25, 0.3) is 33.5 Å². The largest absolute Gasteiger partial charge is 0.495 e. The molecule has 9 rings (SSSR count). The number of carbonyl (C=O) groups is 4. The van der Waals surface area contributed by atoms with E-state index in [1.807, 2.05) is 11.0 Å². The number of aliphatic hydroxyl groups is 1. The van der Waals surface area contributed by atoms with Gasteiger partial charge in [-0.3, -0.25) is 24.6 Å². The molecule has 17 heteroatoms. The number of aromatic nitrogens is 3. The Morgan fingerprint density at radius 2 is 1.61 bits per heavy atom. The smallest absolute Gasteiger partial charge is 0.328 e. The van der Waals surface area contributed by atoms with Crippen LogP contribution in [0.1, 0.15) is 83.4 Å². The number of nitrogens with zero attached hydrogens (tertiary/aromatic N) is 5. The number of likely N-dealkylation sites (tertiary alicyclic amines) is 2. The van der Waals surface area contributed by atoms with Crippen LogP contribution >= 0.6 is 0 Å². The second kappa shape index (κ2) is 20.1. The Balaban J connectivity index is 0.757. The number of methoxy groups -OCH3 is 1. The third-order valence-corrected chi connectivity index (χ3v) is 13.6. The number of aromatic amines is 1. The van der Waals surface area contributed by atoms with Gasteiger partial charge in [-0.15, -0.1) is 0 Å². The number of anilines is 2. The first kappa shape index (κ1) is 48.0. The van der Waals surface area contributed by atoms with Gasteiger partial charge in [0.2, 0.25) is 5.91 Å². The van der Waals surface area contributed by atoms with Crippen molar-refractivity contribution in [3.8, 4) is 28.3 Å². The van der Waals surface area contributed by atoms with Crippen LogP contribution in [0.4, 0.5) is 25.0 Å². The van der Waals surface area contributed by atoms with Crippen molar-refractivity contribution in [3.63, 3.8) is 0 Å². The quantitative estimate of drug-likeness (QED) is 0.0882. The van der Waals surface area contributed by atoms with Gasteiger partial charge >= 0.3 is 6.03 Å². The summed E-state index contributed by atoms with van der Waals surface area (Å²) in [6, 6.07) is 21.3. The molecule has 0 saturated carbocycles. The maximum Gasteiger partial charge on any atom is 0.328 e. The predicted molar refractivity (Wildman–Crippen MR) is 261 cm³/mol. The lowest BCUT2D eigenvalue weighted by Crippen LogP contribution is -2.49. The van der Waals surface area contributed by atoms with Crippen molar-refractivity contribution in [2.75, 3.05) is 56.6 Å². The highest BCUT2D eigenvalue weighted by Crippen LogP contribution is 2.36. The minimum atomic E-state index is -1.29. The van der Waals surface area contributed by atoms with E-state index in [2.05, 4.69) is 54.8 Å². The molecule has 0 atom stereocenters. The van der Waals surface area contributed by atoms with Gasteiger partial charge in [-0.05, 0) is 124 Å². The zero-order valence-corrected chi connectivity index (χ0v) is 39.6. The fourth-order valence-corrected chi connectivity index (χ4v) is 9.52. The Kier molecular flexibility index (Phi) is 13.8. The van der Waals surface area contributed by atoms with Crippen LogP contribution in [-0.2, 0) is 21.6 Å². The Bertz CT molecular complexity index is 2960. The van der Waals surface area contributed by atoms with Gasteiger partial charge in [0, 0.05) is 73.6 Å². The lowest BCUT2D eigenvalue weighted by Gasteiger charge is -2.37. The molecule has 364 valence electrons. The number of benzene rings is 4. The molecule has 70 heavy (non-hydrogen) atoms. The topological polar surface area (TPSA) is 182 Å². The summed E-state index contributed by atoms with van der Waals surface area (Å²) in [7, 11) is 1.50. The summed E-state index contributed by atoms with van der Waals surface area (Å²) >= 11 is 0. The molecule has 0 spiro atoms. The molecule has 5 amide bonds. The summed E-state index contributed by atoms with van der Waals surface area (Å²) < 4.78 is 42.3. The molecule has 2 aromatic heterocycles. The summed E-state index contributed by atoms with van der Waals surface area (Å²) in [5.74, 6) is -2.17. The van der Waals surface area contributed by atoms with Gasteiger partial charge in [0.05, 0.1) is 41.9 Å². The lowest BCUT2D eigenvalue weighted by molar-refractivity contribution is -0.120. The van der Waals surface area contributed by atoms with Gasteiger partial charge in [0.1, 0.15) is 29.4 Å². The normalized spacial score (nSPS) is 16.4. The fourth-order valence-electron chi connectivity index (χ4n) is 9.52. The molecule has 15 nitrogen and oxygen atoms in total. The van der Waals surface area contributed by atoms with Gasteiger partial charge in [-0.2, -0.15) is 0 Å². The van der Waals surface area contributed by atoms with E-state index in [0.717, 1.165) is 69.1 Å². The molecule has 0 radical (unpaired) electrons.